The summed E-state index contributed by atoms with van der Waals surface area (Å²) in [6.45, 7) is 5.31. The molecule has 0 unspecified atom stereocenters. The summed E-state index contributed by atoms with van der Waals surface area (Å²) in [5.41, 5.74) is -1.37. The van der Waals surface area contributed by atoms with Gasteiger partial charge in [-0.25, -0.2) is 9.59 Å². The summed E-state index contributed by atoms with van der Waals surface area (Å²) in [6.07, 6.45) is 0. The van der Waals surface area contributed by atoms with Crippen LogP contribution in [0.3, 0.4) is 0 Å². The highest BCUT2D eigenvalue weighted by Gasteiger charge is 2.29. The van der Waals surface area contributed by atoms with Crippen LogP contribution in [0.4, 0.5) is 4.79 Å². The fourth-order valence-electron chi connectivity index (χ4n) is 1.56. The number of carbonyl (C=O) groups is 3. The van der Waals surface area contributed by atoms with E-state index in [4.69, 9.17) is 5.11 Å². The van der Waals surface area contributed by atoms with Gasteiger partial charge in [0.1, 0.15) is 5.54 Å². The van der Waals surface area contributed by atoms with Crippen molar-refractivity contribution in [1.82, 2.24) is 20.9 Å². The van der Waals surface area contributed by atoms with E-state index < -0.39 is 17.5 Å². The molecule has 0 aromatic rings. The molecule has 1 aliphatic heterocycles. The SMILES string of the molecule is CC(C)(NC(=O)NCC(=O)N1CCNCC1)C(=O)O. The van der Waals surface area contributed by atoms with Gasteiger partial charge in [0, 0.05) is 26.2 Å². The van der Waals surface area contributed by atoms with Crippen molar-refractivity contribution < 1.29 is 19.5 Å². The number of piperazine rings is 1. The molecular formula is C11H20N4O4. The Morgan fingerprint density at radius 3 is 2.37 bits per heavy atom. The van der Waals surface area contributed by atoms with Crippen molar-refractivity contribution in [3.05, 3.63) is 0 Å². The molecule has 0 aromatic carbocycles. The maximum Gasteiger partial charge on any atom is 0.328 e. The molecule has 1 rings (SSSR count). The molecule has 1 fully saturated rings. The van der Waals surface area contributed by atoms with Crippen molar-refractivity contribution in [2.75, 3.05) is 32.7 Å². The molecule has 0 aromatic heterocycles. The summed E-state index contributed by atoms with van der Waals surface area (Å²) in [5, 5.41) is 16.6. The van der Waals surface area contributed by atoms with Crippen LogP contribution in [-0.2, 0) is 9.59 Å². The van der Waals surface area contributed by atoms with Gasteiger partial charge >= 0.3 is 12.0 Å². The highest BCUT2D eigenvalue weighted by atomic mass is 16.4. The van der Waals surface area contributed by atoms with Crippen LogP contribution in [-0.4, -0.2) is 66.2 Å². The van der Waals surface area contributed by atoms with E-state index in [1.54, 1.807) is 4.90 Å². The zero-order chi connectivity index (χ0) is 14.5. The summed E-state index contributed by atoms with van der Waals surface area (Å²) in [7, 11) is 0. The fraction of sp³-hybridized carbons (Fsp3) is 0.727. The van der Waals surface area contributed by atoms with Crippen LogP contribution in [0.1, 0.15) is 13.8 Å². The van der Waals surface area contributed by atoms with Crippen LogP contribution in [0.25, 0.3) is 0 Å². The molecule has 108 valence electrons. The Morgan fingerprint density at radius 2 is 1.84 bits per heavy atom. The first kappa shape index (κ1) is 15.2. The minimum Gasteiger partial charge on any atom is -0.480 e. The molecule has 0 atom stereocenters. The fourth-order valence-corrected chi connectivity index (χ4v) is 1.56. The van der Waals surface area contributed by atoms with Crippen LogP contribution in [0.5, 0.6) is 0 Å². The van der Waals surface area contributed by atoms with E-state index in [2.05, 4.69) is 16.0 Å². The smallest absolute Gasteiger partial charge is 0.328 e. The topological polar surface area (TPSA) is 111 Å². The Hall–Kier alpha value is -1.83. The van der Waals surface area contributed by atoms with Gasteiger partial charge in [0.2, 0.25) is 5.91 Å². The lowest BCUT2D eigenvalue weighted by Gasteiger charge is -2.27. The first-order valence-electron chi connectivity index (χ1n) is 6.11. The van der Waals surface area contributed by atoms with Crippen molar-refractivity contribution >= 4 is 17.9 Å². The molecule has 1 saturated heterocycles. The minimum atomic E-state index is -1.37. The van der Waals surface area contributed by atoms with Crippen molar-refractivity contribution in [3.8, 4) is 0 Å². The third-order valence-electron chi connectivity index (χ3n) is 2.83. The number of carbonyl (C=O) groups excluding carboxylic acids is 2. The van der Waals surface area contributed by atoms with Gasteiger partial charge in [0.05, 0.1) is 6.54 Å². The molecule has 0 saturated carbocycles. The zero-order valence-electron chi connectivity index (χ0n) is 11.2. The number of carboxylic acids is 1. The third kappa shape index (κ3) is 4.74. The largest absolute Gasteiger partial charge is 0.480 e. The molecule has 0 bridgehead atoms. The summed E-state index contributed by atoms with van der Waals surface area (Å²) >= 11 is 0. The Balaban J connectivity index is 2.33. The van der Waals surface area contributed by atoms with Gasteiger partial charge in [0.15, 0.2) is 0 Å². The Kier molecular flexibility index (Phi) is 5.11. The maximum atomic E-state index is 11.7. The summed E-state index contributed by atoms with van der Waals surface area (Å²) < 4.78 is 0. The average molecular weight is 272 g/mol. The van der Waals surface area contributed by atoms with Crippen LogP contribution in [0.15, 0.2) is 0 Å². The molecule has 0 radical (unpaired) electrons. The Bertz CT molecular complexity index is 364. The first-order chi connectivity index (χ1) is 8.83. The normalized spacial score (nSPS) is 15.8. The number of nitrogens with zero attached hydrogens (tertiary/aromatic N) is 1. The number of amides is 3. The number of carboxylic acid groups (broad SMARTS) is 1. The van der Waals surface area contributed by atoms with E-state index in [-0.39, 0.29) is 12.5 Å². The predicted octanol–water partition coefficient (Wildman–Crippen LogP) is -1.42. The Morgan fingerprint density at radius 1 is 1.26 bits per heavy atom. The second-order valence-corrected chi connectivity index (χ2v) is 4.87. The van der Waals surface area contributed by atoms with Gasteiger partial charge in [-0.1, -0.05) is 0 Å². The number of urea groups is 1. The van der Waals surface area contributed by atoms with Crippen LogP contribution < -0.4 is 16.0 Å². The van der Waals surface area contributed by atoms with Crippen LogP contribution in [0.2, 0.25) is 0 Å². The molecule has 0 aliphatic carbocycles. The zero-order valence-corrected chi connectivity index (χ0v) is 11.2. The minimum absolute atomic E-state index is 0.137. The first-order valence-corrected chi connectivity index (χ1v) is 6.11. The molecule has 0 spiro atoms. The molecule has 1 aliphatic rings. The van der Waals surface area contributed by atoms with Gasteiger partial charge in [0.25, 0.3) is 0 Å². The van der Waals surface area contributed by atoms with Crippen molar-refractivity contribution in [3.63, 3.8) is 0 Å². The van der Waals surface area contributed by atoms with E-state index in [1.165, 1.54) is 13.8 Å². The number of rotatable bonds is 4. The predicted molar refractivity (Wildman–Crippen MR) is 67.7 cm³/mol. The van der Waals surface area contributed by atoms with Gasteiger partial charge in [-0.05, 0) is 13.8 Å². The van der Waals surface area contributed by atoms with E-state index in [9.17, 15) is 14.4 Å². The summed E-state index contributed by atoms with van der Waals surface area (Å²) in [5.74, 6) is -1.32. The lowest BCUT2D eigenvalue weighted by molar-refractivity contribution is -0.142. The molecule has 1 heterocycles. The molecule has 8 nitrogen and oxygen atoms in total. The molecule has 4 N–H and O–H groups in total. The van der Waals surface area contributed by atoms with Crippen molar-refractivity contribution in [2.45, 2.75) is 19.4 Å². The Labute approximate surface area is 111 Å². The third-order valence-corrected chi connectivity index (χ3v) is 2.83. The van der Waals surface area contributed by atoms with Gasteiger partial charge in [-0.3, -0.25) is 4.79 Å². The van der Waals surface area contributed by atoms with Crippen molar-refractivity contribution in [1.29, 1.82) is 0 Å². The maximum absolute atomic E-state index is 11.7. The lowest BCUT2D eigenvalue weighted by atomic mass is 10.1. The number of nitrogens with one attached hydrogen (secondary N) is 3. The van der Waals surface area contributed by atoms with Gasteiger partial charge in [-0.2, -0.15) is 0 Å². The standard InChI is InChI=1S/C11H20N4O4/c1-11(2,9(17)18)14-10(19)13-7-8(16)15-5-3-12-4-6-15/h12H,3-7H2,1-2H3,(H,17,18)(H2,13,14,19). The number of hydrogen-bond donors (Lipinski definition) is 4. The highest BCUT2D eigenvalue weighted by molar-refractivity contribution is 5.88. The van der Waals surface area contributed by atoms with Gasteiger partial charge in [-0.15, -0.1) is 0 Å². The second kappa shape index (κ2) is 6.37. The van der Waals surface area contributed by atoms with E-state index in [0.29, 0.717) is 13.1 Å². The number of hydrogen-bond acceptors (Lipinski definition) is 4. The molecule has 19 heavy (non-hydrogen) atoms. The van der Waals surface area contributed by atoms with Crippen molar-refractivity contribution in [2.24, 2.45) is 0 Å². The van der Waals surface area contributed by atoms with Crippen LogP contribution in [0, 0.1) is 0 Å². The highest BCUT2D eigenvalue weighted by Crippen LogP contribution is 2.00. The van der Waals surface area contributed by atoms with Crippen LogP contribution >= 0.6 is 0 Å². The lowest BCUT2D eigenvalue weighted by Crippen LogP contribution is -2.55. The number of aliphatic carboxylic acids is 1. The van der Waals surface area contributed by atoms with Gasteiger partial charge < -0.3 is 26.0 Å². The van der Waals surface area contributed by atoms with E-state index in [0.717, 1.165) is 13.1 Å². The monoisotopic (exact) mass is 272 g/mol. The average Bonchev–Trinajstić information content (AvgIpc) is 2.36. The second-order valence-electron chi connectivity index (χ2n) is 4.87. The van der Waals surface area contributed by atoms with E-state index >= 15 is 0 Å². The summed E-state index contributed by atoms with van der Waals surface area (Å²) in [6, 6.07) is -0.670. The quantitative estimate of drug-likeness (QED) is 0.502. The van der Waals surface area contributed by atoms with E-state index in [1.807, 2.05) is 0 Å². The summed E-state index contributed by atoms with van der Waals surface area (Å²) in [4.78, 5) is 35.7. The molecule has 3 amide bonds. The molecular weight excluding hydrogens is 252 g/mol. The molecule has 8 heteroatoms.